The van der Waals surface area contributed by atoms with Crippen LogP contribution in [0.3, 0.4) is 0 Å². The van der Waals surface area contributed by atoms with E-state index in [0.717, 1.165) is 19.4 Å². The van der Waals surface area contributed by atoms with Crippen LogP contribution in [0, 0.1) is 5.92 Å². The van der Waals surface area contributed by atoms with Crippen LogP contribution in [0.15, 0.2) is 12.7 Å². The van der Waals surface area contributed by atoms with Crippen molar-refractivity contribution < 1.29 is 5.11 Å². The molecule has 2 N–H and O–H groups in total. The minimum absolute atomic E-state index is 0.0156. The fourth-order valence-corrected chi connectivity index (χ4v) is 2.54. The van der Waals surface area contributed by atoms with E-state index < -0.39 is 0 Å². The first-order valence-electron chi connectivity index (χ1n) is 6.76. The van der Waals surface area contributed by atoms with Crippen molar-refractivity contribution in [2.75, 3.05) is 6.54 Å². The Balaban J connectivity index is 1.96. The van der Waals surface area contributed by atoms with Gasteiger partial charge in [-0.15, -0.1) is 6.58 Å². The highest BCUT2D eigenvalue weighted by molar-refractivity contribution is 4.77. The van der Waals surface area contributed by atoms with Gasteiger partial charge in [-0.25, -0.2) is 0 Å². The molecule has 1 rings (SSSR count). The molecule has 1 fully saturated rings. The second-order valence-corrected chi connectivity index (χ2v) is 5.12. The molecule has 0 radical (unpaired) electrons. The lowest BCUT2D eigenvalue weighted by atomic mass is 9.99. The fourth-order valence-electron chi connectivity index (χ4n) is 2.54. The Labute approximate surface area is 100 Å². The van der Waals surface area contributed by atoms with Crippen molar-refractivity contribution in [3.63, 3.8) is 0 Å². The van der Waals surface area contributed by atoms with Crippen LogP contribution in [0.1, 0.15) is 51.9 Å². The van der Waals surface area contributed by atoms with E-state index in [1.165, 1.54) is 32.1 Å². The molecule has 2 nitrogen and oxygen atoms in total. The zero-order chi connectivity index (χ0) is 11.8. The molecule has 0 aromatic carbocycles. The normalized spacial score (nSPS) is 26.9. The molecule has 0 aliphatic heterocycles. The Bertz CT molecular complexity index is 193. The number of aliphatic hydroxyl groups excluding tert-OH is 1. The van der Waals surface area contributed by atoms with Crippen molar-refractivity contribution in [1.29, 1.82) is 0 Å². The van der Waals surface area contributed by atoms with Crippen LogP contribution >= 0.6 is 0 Å². The summed E-state index contributed by atoms with van der Waals surface area (Å²) in [5.41, 5.74) is 0. The quantitative estimate of drug-likeness (QED) is 0.492. The van der Waals surface area contributed by atoms with Gasteiger partial charge in [0.1, 0.15) is 0 Å². The van der Waals surface area contributed by atoms with Gasteiger partial charge in [0.15, 0.2) is 0 Å². The number of nitrogens with one attached hydrogen (secondary N) is 1. The lowest BCUT2D eigenvalue weighted by molar-refractivity contribution is 0.126. The van der Waals surface area contributed by atoms with Gasteiger partial charge in [0, 0.05) is 6.04 Å². The first-order valence-corrected chi connectivity index (χ1v) is 6.76. The van der Waals surface area contributed by atoms with Gasteiger partial charge in [-0.3, -0.25) is 0 Å². The van der Waals surface area contributed by atoms with E-state index in [0.29, 0.717) is 12.0 Å². The Hall–Kier alpha value is -0.340. The topological polar surface area (TPSA) is 32.3 Å². The summed E-state index contributed by atoms with van der Waals surface area (Å²) in [4.78, 5) is 0. The summed E-state index contributed by atoms with van der Waals surface area (Å²) in [6.07, 6.45) is 10.1. The van der Waals surface area contributed by atoms with E-state index in [4.69, 9.17) is 0 Å². The lowest BCUT2D eigenvalue weighted by Crippen LogP contribution is -2.27. The third-order valence-corrected chi connectivity index (χ3v) is 3.67. The molecule has 1 saturated carbocycles. The molecule has 3 atom stereocenters. The Kier molecular flexibility index (Phi) is 6.74. The molecule has 0 spiro atoms. The van der Waals surface area contributed by atoms with Crippen molar-refractivity contribution >= 4 is 0 Å². The van der Waals surface area contributed by atoms with Gasteiger partial charge in [-0.2, -0.15) is 0 Å². The van der Waals surface area contributed by atoms with Crippen LogP contribution in [-0.2, 0) is 0 Å². The Morgan fingerprint density at radius 3 is 2.94 bits per heavy atom. The van der Waals surface area contributed by atoms with Gasteiger partial charge in [0.2, 0.25) is 0 Å². The summed E-state index contributed by atoms with van der Waals surface area (Å²) in [5.74, 6) is 0.574. The van der Waals surface area contributed by atoms with Crippen molar-refractivity contribution in [1.82, 2.24) is 5.32 Å². The zero-order valence-corrected chi connectivity index (χ0v) is 10.6. The van der Waals surface area contributed by atoms with Crippen LogP contribution in [0.4, 0.5) is 0 Å². The SMILES string of the molecule is C=CCCC(C)NCCCC1CCCC1O. The summed E-state index contributed by atoms with van der Waals surface area (Å²) in [5, 5.41) is 13.2. The van der Waals surface area contributed by atoms with Crippen molar-refractivity contribution in [3.8, 4) is 0 Å². The number of hydrogen-bond acceptors (Lipinski definition) is 2. The molecular formula is C14H27NO. The average Bonchev–Trinajstić information content (AvgIpc) is 2.67. The third kappa shape index (κ3) is 5.13. The van der Waals surface area contributed by atoms with Crippen LogP contribution in [0.2, 0.25) is 0 Å². The fraction of sp³-hybridized carbons (Fsp3) is 0.857. The molecule has 0 heterocycles. The monoisotopic (exact) mass is 225 g/mol. The first-order chi connectivity index (χ1) is 7.74. The van der Waals surface area contributed by atoms with Gasteiger partial charge >= 0.3 is 0 Å². The van der Waals surface area contributed by atoms with Gasteiger partial charge in [-0.05, 0) is 57.9 Å². The molecule has 0 aromatic rings. The highest BCUT2D eigenvalue weighted by Gasteiger charge is 2.24. The second kappa shape index (κ2) is 7.86. The van der Waals surface area contributed by atoms with Crippen molar-refractivity contribution in [2.24, 2.45) is 5.92 Å². The first kappa shape index (κ1) is 13.7. The summed E-state index contributed by atoms with van der Waals surface area (Å²) in [6, 6.07) is 0.589. The number of rotatable bonds is 8. The molecule has 0 aromatic heterocycles. The van der Waals surface area contributed by atoms with Crippen LogP contribution in [-0.4, -0.2) is 23.8 Å². The molecule has 0 saturated heterocycles. The van der Waals surface area contributed by atoms with Gasteiger partial charge < -0.3 is 10.4 Å². The summed E-state index contributed by atoms with van der Waals surface area (Å²) in [6.45, 7) is 7.05. The molecule has 0 bridgehead atoms. The molecule has 16 heavy (non-hydrogen) atoms. The van der Waals surface area contributed by atoms with E-state index in [1.54, 1.807) is 0 Å². The van der Waals surface area contributed by atoms with Gasteiger partial charge in [-0.1, -0.05) is 12.5 Å². The Morgan fingerprint density at radius 1 is 1.50 bits per heavy atom. The van der Waals surface area contributed by atoms with Crippen molar-refractivity contribution in [3.05, 3.63) is 12.7 Å². The van der Waals surface area contributed by atoms with Crippen LogP contribution in [0.5, 0.6) is 0 Å². The van der Waals surface area contributed by atoms with E-state index in [1.807, 2.05) is 6.08 Å². The highest BCUT2D eigenvalue weighted by atomic mass is 16.3. The number of hydrogen-bond donors (Lipinski definition) is 2. The maximum Gasteiger partial charge on any atom is 0.0568 e. The van der Waals surface area contributed by atoms with Crippen LogP contribution in [0.25, 0.3) is 0 Å². The highest BCUT2D eigenvalue weighted by Crippen LogP contribution is 2.28. The largest absolute Gasteiger partial charge is 0.393 e. The molecule has 94 valence electrons. The average molecular weight is 225 g/mol. The molecular weight excluding hydrogens is 198 g/mol. The van der Waals surface area contributed by atoms with E-state index in [2.05, 4.69) is 18.8 Å². The molecule has 3 unspecified atom stereocenters. The summed E-state index contributed by atoms with van der Waals surface area (Å²) >= 11 is 0. The number of allylic oxidation sites excluding steroid dienone is 1. The van der Waals surface area contributed by atoms with E-state index in [9.17, 15) is 5.11 Å². The van der Waals surface area contributed by atoms with Gasteiger partial charge in [0.05, 0.1) is 6.10 Å². The van der Waals surface area contributed by atoms with E-state index in [-0.39, 0.29) is 6.10 Å². The summed E-state index contributed by atoms with van der Waals surface area (Å²) < 4.78 is 0. The van der Waals surface area contributed by atoms with E-state index >= 15 is 0 Å². The molecule has 0 amide bonds. The summed E-state index contributed by atoms with van der Waals surface area (Å²) in [7, 11) is 0. The molecule has 2 heteroatoms. The van der Waals surface area contributed by atoms with Crippen LogP contribution < -0.4 is 5.32 Å². The lowest BCUT2D eigenvalue weighted by Gasteiger charge is -2.16. The Morgan fingerprint density at radius 2 is 2.31 bits per heavy atom. The van der Waals surface area contributed by atoms with Crippen molar-refractivity contribution in [2.45, 2.75) is 64.0 Å². The zero-order valence-electron chi connectivity index (χ0n) is 10.6. The van der Waals surface area contributed by atoms with Gasteiger partial charge in [0.25, 0.3) is 0 Å². The second-order valence-electron chi connectivity index (χ2n) is 5.12. The predicted molar refractivity (Wildman–Crippen MR) is 69.5 cm³/mol. The predicted octanol–water partition coefficient (Wildman–Crippen LogP) is 2.87. The standard InChI is InChI=1S/C14H27NO/c1-3-4-7-12(2)15-11-6-9-13-8-5-10-14(13)16/h3,12-16H,1,4-11H2,2H3. The molecule has 1 aliphatic carbocycles. The number of aliphatic hydroxyl groups is 1. The smallest absolute Gasteiger partial charge is 0.0568 e. The maximum absolute atomic E-state index is 9.68. The maximum atomic E-state index is 9.68. The molecule has 1 aliphatic rings. The minimum Gasteiger partial charge on any atom is -0.393 e. The minimum atomic E-state index is -0.0156. The third-order valence-electron chi connectivity index (χ3n) is 3.67.